The van der Waals surface area contributed by atoms with Crippen molar-refractivity contribution in [2.45, 2.75) is 214 Å². The number of ketones is 1. The van der Waals surface area contributed by atoms with Gasteiger partial charge in [0.1, 0.15) is 78.6 Å². The number of H-pyrrole nitrogens is 1. The van der Waals surface area contributed by atoms with Gasteiger partial charge in [0.15, 0.2) is 64.7 Å². The molecular weight excluding hydrogens is 1460 g/mol. The monoisotopic (exact) mass is 1560 g/mol. The van der Waals surface area contributed by atoms with Crippen molar-refractivity contribution >= 4 is 81.2 Å². The lowest BCUT2D eigenvalue weighted by molar-refractivity contribution is -0.126. The van der Waals surface area contributed by atoms with E-state index in [1.54, 1.807) is 17.6 Å². The van der Waals surface area contributed by atoms with Crippen molar-refractivity contribution in [1.29, 1.82) is 0 Å². The number of methoxy groups -OCH3 is 1. The summed E-state index contributed by atoms with van der Waals surface area (Å²) in [6.45, 7) is 11.6. The molecule has 6 aromatic rings. The number of aliphatic hydroxyl groups excluding tert-OH is 8. The first-order valence-corrected chi connectivity index (χ1v) is 36.3. The van der Waals surface area contributed by atoms with Crippen LogP contribution in [0.25, 0.3) is 22.3 Å². The topological polar surface area (TPSA) is 650 Å². The van der Waals surface area contributed by atoms with E-state index >= 15 is 0 Å². The largest absolute Gasteiger partial charge is 0.397 e. The van der Waals surface area contributed by atoms with Crippen LogP contribution in [-0.2, 0) is 47.6 Å². The third kappa shape index (κ3) is 19.4. The van der Waals surface area contributed by atoms with Gasteiger partial charge in [-0.25, -0.2) is 34.9 Å². The van der Waals surface area contributed by atoms with Gasteiger partial charge in [-0.05, 0) is 38.7 Å². The highest BCUT2D eigenvalue weighted by molar-refractivity contribution is 6.08. The van der Waals surface area contributed by atoms with Crippen LogP contribution >= 0.6 is 0 Å². The molecule has 4 saturated heterocycles. The summed E-state index contributed by atoms with van der Waals surface area (Å²) in [6, 6.07) is -4.44. The summed E-state index contributed by atoms with van der Waals surface area (Å²) in [5, 5.41) is 101. The number of anilines is 2. The molecule has 0 spiro atoms. The Kier molecular flexibility index (Phi) is 30.3. The zero-order valence-corrected chi connectivity index (χ0v) is 62.0. The zero-order chi connectivity index (χ0) is 80.7. The minimum Gasteiger partial charge on any atom is -0.397 e. The van der Waals surface area contributed by atoms with Crippen molar-refractivity contribution < 1.29 is 98.0 Å². The Morgan fingerprint density at radius 1 is 0.604 bits per heavy atom. The maximum atomic E-state index is 12.9. The second kappa shape index (κ2) is 39.2. The summed E-state index contributed by atoms with van der Waals surface area (Å²) in [5.74, 6) is -0.967. The molecule has 24 N–H and O–H groups in total. The Bertz CT molecular complexity index is 4270. The van der Waals surface area contributed by atoms with E-state index in [-0.39, 0.29) is 72.4 Å². The maximum absolute atomic E-state index is 12.9. The standard InChI is InChI=1S/C19H30N6O6.2C16H24N6O5.C16H23N5O5/c1-3-4-12(23-9-30-10-29-2)18(28)24-15-13(7-26)31-19(16(15)27)25-8-22-14-11(20)5-6-21-17(14)25;2*1-3-4-8(17)14(25)21-10-9(5-23)27-16(12(10)24)22-6-18-11-13(22)19-7(2)20-15(11)26;1-2-3-8(17)15(25)20-12-10(6-22)26-16(13(12)24)21-7-19-11-9(23)4-5-18-14(11)21/h5-6,8,12-13,15-16,19,23,26-27H,3-4,7,9-10H2,1-2H3,(H2,20,21)(H,24,28);6,8-10,12,16,23-24H,3-5,17H2,1-2H3,(H,21,25)(H,19,20,26);6,8-10,12,16,19,23-24H,2-5,17H2,1H3,(H,20,26)(H,21,25);5,7-8,10,12-13,16,22,24H,2-4,6,17H2,1H3,(H,20,25)/t12?,13-,15+,16?,19-;2*8?,9-,10+,12?,16-;8?,10-,12+,13?,16-/m1111/s1. The third-order valence-corrected chi connectivity index (χ3v) is 19.0. The number of amides is 5. The molecule has 6 aromatic heterocycles. The van der Waals surface area contributed by atoms with Crippen molar-refractivity contribution in [3.8, 4) is 0 Å². The van der Waals surface area contributed by atoms with Crippen molar-refractivity contribution in [2.75, 3.05) is 58.1 Å². The quantitative estimate of drug-likeness (QED) is 0.0154. The summed E-state index contributed by atoms with van der Waals surface area (Å²) in [4.78, 5) is 117. The summed E-state index contributed by atoms with van der Waals surface area (Å²) >= 11 is 0. The molecule has 0 aromatic carbocycles. The van der Waals surface area contributed by atoms with Gasteiger partial charge in [-0.3, -0.25) is 57.1 Å². The molecule has 44 heteroatoms. The van der Waals surface area contributed by atoms with Gasteiger partial charge in [-0.15, -0.1) is 0 Å². The molecule has 6 aliphatic heterocycles. The van der Waals surface area contributed by atoms with E-state index in [1.807, 2.05) is 27.7 Å². The number of ether oxygens (including phenoxy) is 6. The van der Waals surface area contributed by atoms with Crippen molar-refractivity contribution in [2.24, 2.45) is 22.2 Å². The fourth-order valence-electron chi connectivity index (χ4n) is 13.3. The van der Waals surface area contributed by atoms with E-state index in [4.69, 9.17) is 51.4 Å². The lowest BCUT2D eigenvalue weighted by Crippen LogP contribution is -2.54. The normalized spacial score (nSPS) is 26.9. The number of nitrogen functional groups attached to an aromatic ring is 1. The van der Waals surface area contributed by atoms with Crippen LogP contribution < -0.4 is 65.7 Å². The molecular formula is C67H101N23O21. The highest BCUT2D eigenvalue weighted by atomic mass is 16.7. The molecule has 6 aliphatic rings. The SMILES string of the molecule is C=C1NC(=O)c2ncn([C@@H]3O[C@H](CO)[C@H](NC(=O)C(N)CCC)C3O)c2N1.CCCC(N)C(=O)N[C@@H]1C(O)[C@H](n2cnc3c(=O)[nH]c(C)nc32)O[C@@H]1CO.CCCC(N)C(=O)N[C@@H]1C(O)[C@H](n2cnc3c2N=CCC3=O)O[C@@H]1CO.CCCC(NCOCOC)C(=O)N[C@@H]1C(O)[C@H](n2cnc3c(N)ccnc32)O[C@@H]1CO. The van der Waals surface area contributed by atoms with E-state index in [2.05, 4.69) is 83.7 Å². The van der Waals surface area contributed by atoms with Crippen molar-refractivity contribution in [3.63, 3.8) is 0 Å². The molecule has 20 atom stereocenters. The number of hydrogen-bond acceptors (Lipinski definition) is 34. The molecule has 0 radical (unpaired) electrons. The van der Waals surface area contributed by atoms with Crippen molar-refractivity contribution in [1.82, 2.24) is 85.1 Å². The van der Waals surface area contributed by atoms with Crippen LogP contribution in [0.4, 0.5) is 17.3 Å². The number of carbonyl (C=O) groups is 6. The van der Waals surface area contributed by atoms with Crippen LogP contribution in [0, 0.1) is 6.92 Å². The number of fused-ring (bicyclic) bond motifs is 4. The molecule has 12 rings (SSSR count). The first kappa shape index (κ1) is 85.7. The van der Waals surface area contributed by atoms with Gasteiger partial charge in [-0.2, -0.15) is 0 Å². The highest BCUT2D eigenvalue weighted by Crippen LogP contribution is 2.38. The van der Waals surface area contributed by atoms with Gasteiger partial charge in [0.2, 0.25) is 23.6 Å². The Labute approximate surface area is 634 Å². The van der Waals surface area contributed by atoms with Gasteiger partial charge in [0.25, 0.3) is 11.5 Å². The number of aryl methyl sites for hydroxylation is 1. The van der Waals surface area contributed by atoms with Gasteiger partial charge >= 0.3 is 0 Å². The Balaban J connectivity index is 0.000000170. The molecule has 4 fully saturated rings. The molecule has 0 aliphatic carbocycles. The summed E-state index contributed by atoms with van der Waals surface area (Å²) < 4.78 is 38.9. The second-order valence-electron chi connectivity index (χ2n) is 26.9. The average molecular weight is 1560 g/mol. The van der Waals surface area contributed by atoms with Crippen LogP contribution in [0.5, 0.6) is 0 Å². The number of aromatic nitrogens is 11. The molecule has 0 bridgehead atoms. The number of imidazole rings is 4. The van der Waals surface area contributed by atoms with Gasteiger partial charge in [-0.1, -0.05) is 60.0 Å². The highest BCUT2D eigenvalue weighted by Gasteiger charge is 2.51. The fraction of sp³-hybridized carbons (Fsp3) is 0.612. The van der Waals surface area contributed by atoms with Gasteiger partial charge < -0.3 is 129 Å². The maximum Gasteiger partial charge on any atom is 0.279 e. The summed E-state index contributed by atoms with van der Waals surface area (Å²) in [5.41, 5.74) is 25.0. The molecule has 44 nitrogen and oxygen atoms in total. The number of hydrogen-bond donors (Lipinski definition) is 20. The fourth-order valence-corrected chi connectivity index (χ4v) is 13.3. The third-order valence-electron chi connectivity index (χ3n) is 19.0. The van der Waals surface area contributed by atoms with E-state index in [1.165, 1.54) is 58.5 Å². The smallest absolute Gasteiger partial charge is 0.279 e. The van der Waals surface area contributed by atoms with E-state index in [9.17, 15) is 74.4 Å². The lowest BCUT2D eigenvalue weighted by atomic mass is 10.1. The summed E-state index contributed by atoms with van der Waals surface area (Å²) in [6.07, 6.45) is 1.91. The van der Waals surface area contributed by atoms with Crippen LogP contribution in [0.3, 0.4) is 0 Å². The summed E-state index contributed by atoms with van der Waals surface area (Å²) in [7, 11) is 1.51. The number of nitrogens with zero attached hydrogens (tertiary/aromatic N) is 11. The van der Waals surface area contributed by atoms with Crippen molar-refractivity contribution in [3.05, 3.63) is 77.5 Å². The number of rotatable bonds is 29. The van der Waals surface area contributed by atoms with Gasteiger partial charge in [0, 0.05) is 25.9 Å². The number of pyridine rings is 1. The molecule has 0 saturated carbocycles. The second-order valence-corrected chi connectivity index (χ2v) is 26.9. The number of Topliss-reactive ketones (excluding diaryl/α,β-unsaturated/α-hetero) is 1. The van der Waals surface area contributed by atoms with Crippen LogP contribution in [0.1, 0.15) is 137 Å². The van der Waals surface area contributed by atoms with E-state index in [0.29, 0.717) is 54.2 Å². The molecule has 12 heterocycles. The van der Waals surface area contributed by atoms with E-state index in [0.717, 1.165) is 25.7 Å². The average Bonchev–Trinajstić information content (AvgIpc) is 1.63. The first-order valence-electron chi connectivity index (χ1n) is 36.3. The molecule has 111 heavy (non-hydrogen) atoms. The number of nitrogens with one attached hydrogen (secondary N) is 8. The Morgan fingerprint density at radius 3 is 1.53 bits per heavy atom. The predicted octanol–water partition coefficient (Wildman–Crippen LogP) is -5.22. The molecule has 8 unspecified atom stereocenters. The van der Waals surface area contributed by atoms with Crippen LogP contribution in [-0.4, -0.2) is 280 Å². The van der Waals surface area contributed by atoms with Crippen LogP contribution in [0.15, 0.2) is 59.8 Å². The Hall–Kier alpha value is -9.30. The molecule has 5 amide bonds. The number of aliphatic imine (C=N–C) groups is 1. The Morgan fingerprint density at radius 2 is 1.05 bits per heavy atom. The number of aromatic amines is 1. The first-order chi connectivity index (χ1) is 53.2. The number of nitrogens with two attached hydrogens (primary N) is 4. The molecule has 610 valence electrons. The lowest BCUT2D eigenvalue weighted by Gasteiger charge is -2.24. The van der Waals surface area contributed by atoms with Gasteiger partial charge in [0.05, 0.1) is 112 Å². The van der Waals surface area contributed by atoms with Crippen LogP contribution in [0.2, 0.25) is 0 Å². The minimum absolute atomic E-state index is 0.105. The minimum atomic E-state index is -1.20. The predicted molar refractivity (Wildman–Crippen MR) is 391 cm³/mol. The number of aliphatic hydroxyl groups is 8. The number of carbonyl (C=O) groups excluding carboxylic acids is 6. The zero-order valence-electron chi connectivity index (χ0n) is 62.0. The van der Waals surface area contributed by atoms with E-state index < -0.39 is 171 Å².